The molecule has 0 radical (unpaired) electrons. The molecule has 0 saturated heterocycles. The van der Waals surface area contributed by atoms with Crippen LogP contribution in [0.15, 0.2) is 68.9 Å². The van der Waals surface area contributed by atoms with Crippen molar-refractivity contribution in [1.82, 2.24) is 0 Å². The van der Waals surface area contributed by atoms with Gasteiger partial charge in [0, 0.05) is 22.0 Å². The Kier molecular flexibility index (Phi) is 4.42. The summed E-state index contributed by atoms with van der Waals surface area (Å²) in [6.45, 7) is 12.2. The maximum absolute atomic E-state index is 13.2. The average Bonchev–Trinajstić information content (AvgIpc) is 3.62. The van der Waals surface area contributed by atoms with Crippen LogP contribution in [0.4, 0.5) is 0 Å². The largest absolute Gasteiger partial charge is 0.381 e. The summed E-state index contributed by atoms with van der Waals surface area (Å²) in [5.74, 6) is -0.278. The van der Waals surface area contributed by atoms with Crippen molar-refractivity contribution in [3.63, 3.8) is 0 Å². The lowest BCUT2D eigenvalue weighted by Gasteiger charge is -2.40. The molecule has 6 atom stereocenters. The number of fused-ring (bicyclic) bond motifs is 2. The highest BCUT2D eigenvalue weighted by Gasteiger charge is 2.72. The minimum absolute atomic E-state index is 0.0578. The smallest absolute Gasteiger partial charge is 0.195 e. The van der Waals surface area contributed by atoms with E-state index in [2.05, 4.69) is 0 Å². The van der Waals surface area contributed by atoms with E-state index in [1.54, 1.807) is 13.8 Å². The molecule has 0 aromatic rings. The van der Waals surface area contributed by atoms with Gasteiger partial charge >= 0.3 is 0 Å². The van der Waals surface area contributed by atoms with Gasteiger partial charge in [-0.2, -0.15) is 0 Å². The molecule has 6 aliphatic rings. The van der Waals surface area contributed by atoms with Crippen molar-refractivity contribution in [3.05, 3.63) is 68.9 Å². The SMILES string of the molecule is CC1=CC2=C(C)[C@]3(C[C@H]3COC[C@@H]3C[C@]34C(C)=C3C=C(C)C=C3C(=O)[C@]4(C)O)[C@@](C)(O)C(=O)C2=C1. The maximum atomic E-state index is 13.2. The summed E-state index contributed by atoms with van der Waals surface area (Å²) in [5.41, 5.74) is 3.32. The molecule has 0 aliphatic heterocycles. The van der Waals surface area contributed by atoms with E-state index in [-0.39, 0.29) is 23.4 Å². The van der Waals surface area contributed by atoms with Crippen molar-refractivity contribution in [1.29, 1.82) is 0 Å². The van der Waals surface area contributed by atoms with Gasteiger partial charge in [0.1, 0.15) is 11.2 Å². The lowest BCUT2D eigenvalue weighted by atomic mass is 9.67. The van der Waals surface area contributed by atoms with E-state index in [0.29, 0.717) is 37.2 Å². The first kappa shape index (κ1) is 23.1. The number of carbonyl (C=O) groups is 2. The molecule has 0 amide bonds. The van der Waals surface area contributed by atoms with Crippen LogP contribution >= 0.6 is 0 Å². The van der Waals surface area contributed by atoms with Gasteiger partial charge in [0.2, 0.25) is 0 Å². The summed E-state index contributed by atoms with van der Waals surface area (Å²) in [5, 5.41) is 22.8. The fourth-order valence-electron chi connectivity index (χ4n) is 7.97. The van der Waals surface area contributed by atoms with Crippen molar-refractivity contribution in [2.45, 2.75) is 65.6 Å². The Morgan fingerprint density at radius 2 is 1.11 bits per heavy atom. The number of ether oxygens (including phenoxy) is 1. The second kappa shape index (κ2) is 6.70. The number of hydrogen-bond donors (Lipinski definition) is 2. The molecular formula is C30H34O5. The van der Waals surface area contributed by atoms with E-state index in [1.807, 2.05) is 52.0 Å². The molecule has 0 aromatic carbocycles. The van der Waals surface area contributed by atoms with Crippen molar-refractivity contribution >= 4 is 11.6 Å². The topological polar surface area (TPSA) is 83.8 Å². The molecule has 0 aromatic heterocycles. The summed E-state index contributed by atoms with van der Waals surface area (Å²) < 4.78 is 6.21. The van der Waals surface area contributed by atoms with Gasteiger partial charge in [0.15, 0.2) is 11.6 Å². The maximum Gasteiger partial charge on any atom is 0.195 e. The van der Waals surface area contributed by atoms with Crippen molar-refractivity contribution in [3.8, 4) is 0 Å². The number of ketones is 2. The second-order valence-electron chi connectivity index (χ2n) is 12.1. The molecule has 2 N–H and O–H groups in total. The molecule has 35 heavy (non-hydrogen) atoms. The lowest BCUT2D eigenvalue weighted by molar-refractivity contribution is -0.139. The third kappa shape index (κ3) is 2.59. The van der Waals surface area contributed by atoms with Gasteiger partial charge in [0.25, 0.3) is 0 Å². The highest BCUT2D eigenvalue weighted by molar-refractivity contribution is 6.11. The average molecular weight is 475 g/mol. The van der Waals surface area contributed by atoms with Crippen LogP contribution in [0.3, 0.4) is 0 Å². The first-order valence-electron chi connectivity index (χ1n) is 12.7. The molecular weight excluding hydrogens is 440 g/mol. The van der Waals surface area contributed by atoms with E-state index >= 15 is 0 Å². The highest BCUT2D eigenvalue weighted by Crippen LogP contribution is 2.70. The van der Waals surface area contributed by atoms with E-state index in [9.17, 15) is 19.8 Å². The molecule has 2 saturated carbocycles. The minimum atomic E-state index is -1.45. The Bertz CT molecular complexity index is 1210. The molecule has 6 aliphatic carbocycles. The third-order valence-corrected chi connectivity index (χ3v) is 10.2. The number of carbonyl (C=O) groups excluding carboxylic acids is 2. The van der Waals surface area contributed by atoms with Crippen LogP contribution in [-0.2, 0) is 14.3 Å². The van der Waals surface area contributed by atoms with Crippen LogP contribution in [-0.4, -0.2) is 46.2 Å². The Hall–Kier alpha value is -2.34. The number of hydrogen-bond acceptors (Lipinski definition) is 5. The van der Waals surface area contributed by atoms with Crippen LogP contribution in [0.2, 0.25) is 0 Å². The molecule has 5 heteroatoms. The van der Waals surface area contributed by atoms with Gasteiger partial charge in [-0.15, -0.1) is 0 Å². The summed E-state index contributed by atoms with van der Waals surface area (Å²) in [6.07, 6.45) is 9.27. The standard InChI is InChI=1S/C30H34O5/c1-15-7-21-17(3)29(27(5,33)25(31)23(21)9-15)11-19(29)13-35-14-20-12-30(20)18(4)22-8-16(2)10-24(22)26(32)28(30,6)34/h7-10,19-20,33-34H,11-14H2,1-6H3/t19-,20-,27-,28-,29-,30-/m0/s1. The Morgan fingerprint density at radius 3 is 1.49 bits per heavy atom. The molecule has 2 spiro atoms. The van der Waals surface area contributed by atoms with Crippen molar-refractivity contribution in [2.24, 2.45) is 22.7 Å². The number of Topliss-reactive ketones (excluding diaryl/α,β-unsaturated/α-hetero) is 2. The van der Waals surface area contributed by atoms with Gasteiger partial charge in [-0.05, 0) is 101 Å². The fraction of sp³-hybridized carbons (Fsp3) is 0.533. The number of aliphatic hydroxyl groups is 2. The lowest BCUT2D eigenvalue weighted by Crippen LogP contribution is -2.50. The van der Waals surface area contributed by atoms with Gasteiger partial charge in [0.05, 0.1) is 13.2 Å². The summed E-state index contributed by atoms with van der Waals surface area (Å²) in [6, 6.07) is 0. The molecule has 5 nitrogen and oxygen atoms in total. The van der Waals surface area contributed by atoms with Crippen LogP contribution in [0.25, 0.3) is 0 Å². The van der Waals surface area contributed by atoms with E-state index in [4.69, 9.17) is 4.74 Å². The zero-order chi connectivity index (χ0) is 25.3. The van der Waals surface area contributed by atoms with Crippen molar-refractivity contribution < 1.29 is 24.5 Å². The van der Waals surface area contributed by atoms with E-state index in [1.165, 1.54) is 0 Å². The van der Waals surface area contributed by atoms with Gasteiger partial charge in [-0.25, -0.2) is 0 Å². The van der Waals surface area contributed by atoms with Crippen LogP contribution in [0.1, 0.15) is 54.4 Å². The normalized spacial score (nSPS) is 43.4. The molecule has 2 fully saturated rings. The second-order valence-corrected chi connectivity index (χ2v) is 12.1. The first-order valence-corrected chi connectivity index (χ1v) is 12.7. The Morgan fingerprint density at radius 1 is 0.743 bits per heavy atom. The molecule has 0 bridgehead atoms. The van der Waals surface area contributed by atoms with Gasteiger partial charge in [-0.1, -0.05) is 23.3 Å². The monoisotopic (exact) mass is 474 g/mol. The third-order valence-electron chi connectivity index (χ3n) is 10.2. The summed E-state index contributed by atoms with van der Waals surface area (Å²) in [4.78, 5) is 26.3. The van der Waals surface area contributed by atoms with Crippen LogP contribution in [0, 0.1) is 22.7 Å². The Labute approximate surface area is 206 Å². The number of allylic oxidation sites excluding steroid dienone is 8. The minimum Gasteiger partial charge on any atom is -0.381 e. The highest BCUT2D eigenvalue weighted by atomic mass is 16.5. The summed E-state index contributed by atoms with van der Waals surface area (Å²) >= 11 is 0. The zero-order valence-electron chi connectivity index (χ0n) is 21.4. The summed E-state index contributed by atoms with van der Waals surface area (Å²) in [7, 11) is 0. The quantitative estimate of drug-likeness (QED) is 0.641. The molecule has 0 unspecified atom stereocenters. The zero-order valence-corrected chi connectivity index (χ0v) is 21.4. The fourth-order valence-corrected chi connectivity index (χ4v) is 7.97. The predicted molar refractivity (Wildman–Crippen MR) is 132 cm³/mol. The van der Waals surface area contributed by atoms with Gasteiger partial charge in [-0.3, -0.25) is 9.59 Å². The van der Waals surface area contributed by atoms with Crippen molar-refractivity contribution in [2.75, 3.05) is 13.2 Å². The predicted octanol–water partition coefficient (Wildman–Crippen LogP) is 4.09. The molecule has 0 heterocycles. The first-order chi connectivity index (χ1) is 16.3. The van der Waals surface area contributed by atoms with Crippen LogP contribution < -0.4 is 0 Å². The number of rotatable bonds is 4. The van der Waals surface area contributed by atoms with E-state index in [0.717, 1.165) is 33.4 Å². The molecule has 6 rings (SSSR count). The Balaban J connectivity index is 1.20. The molecule has 184 valence electrons. The van der Waals surface area contributed by atoms with Gasteiger partial charge < -0.3 is 14.9 Å². The van der Waals surface area contributed by atoms with E-state index < -0.39 is 22.0 Å². The van der Waals surface area contributed by atoms with Crippen LogP contribution in [0.5, 0.6) is 0 Å².